The first kappa shape index (κ1) is 17.4. The number of ether oxygens (including phenoxy) is 1. The summed E-state index contributed by atoms with van der Waals surface area (Å²) >= 11 is 0. The molecule has 1 unspecified atom stereocenters. The first-order valence-electron chi connectivity index (χ1n) is 7.18. The van der Waals surface area contributed by atoms with Crippen molar-refractivity contribution in [2.75, 3.05) is 25.6 Å². The third kappa shape index (κ3) is 5.69. The fourth-order valence-electron chi connectivity index (χ4n) is 2.09. The van der Waals surface area contributed by atoms with E-state index in [9.17, 15) is 9.59 Å². The topological polar surface area (TPSA) is 86.3 Å². The Hall–Kier alpha value is -1.66. The van der Waals surface area contributed by atoms with Crippen LogP contribution < -0.4 is 16.6 Å². The molecule has 1 aromatic heterocycles. The average Bonchev–Trinajstić information content (AvgIpc) is 2.44. The number of carbonyl (C=O) groups excluding carboxylic acids is 1. The lowest BCUT2D eigenvalue weighted by Gasteiger charge is -2.17. The number of nitrogens with zero attached hydrogens (tertiary/aromatic N) is 1. The van der Waals surface area contributed by atoms with E-state index in [0.717, 1.165) is 6.42 Å². The van der Waals surface area contributed by atoms with Crippen molar-refractivity contribution in [3.05, 3.63) is 28.7 Å². The van der Waals surface area contributed by atoms with Crippen molar-refractivity contribution in [3.8, 4) is 0 Å². The van der Waals surface area contributed by atoms with E-state index in [2.05, 4.69) is 19.2 Å². The van der Waals surface area contributed by atoms with Gasteiger partial charge in [0, 0.05) is 32.5 Å². The molecule has 1 atom stereocenters. The van der Waals surface area contributed by atoms with Gasteiger partial charge in [-0.3, -0.25) is 9.59 Å². The number of pyridine rings is 1. The molecule has 0 fully saturated rings. The Balaban J connectivity index is 2.77. The van der Waals surface area contributed by atoms with Gasteiger partial charge in [-0.2, -0.15) is 0 Å². The Morgan fingerprint density at radius 3 is 2.71 bits per heavy atom. The van der Waals surface area contributed by atoms with Crippen LogP contribution in [0.5, 0.6) is 0 Å². The minimum absolute atomic E-state index is 0.108. The van der Waals surface area contributed by atoms with Crippen LogP contribution in [0, 0.1) is 11.8 Å². The van der Waals surface area contributed by atoms with E-state index in [1.165, 1.54) is 10.6 Å². The van der Waals surface area contributed by atoms with Gasteiger partial charge < -0.3 is 20.4 Å². The monoisotopic (exact) mass is 295 g/mol. The van der Waals surface area contributed by atoms with Gasteiger partial charge in [-0.1, -0.05) is 13.8 Å². The molecule has 1 amide bonds. The number of hydrogen-bond acceptors (Lipinski definition) is 4. The van der Waals surface area contributed by atoms with Gasteiger partial charge in [0.15, 0.2) is 0 Å². The highest BCUT2D eigenvalue weighted by Gasteiger charge is 2.18. The van der Waals surface area contributed by atoms with Crippen molar-refractivity contribution in [2.45, 2.75) is 26.8 Å². The molecule has 6 heteroatoms. The lowest BCUT2D eigenvalue weighted by Crippen LogP contribution is -2.31. The quantitative estimate of drug-likeness (QED) is 0.750. The van der Waals surface area contributed by atoms with Crippen LogP contribution in [-0.4, -0.2) is 30.7 Å². The summed E-state index contributed by atoms with van der Waals surface area (Å²) < 4.78 is 6.47. The molecule has 0 spiro atoms. The van der Waals surface area contributed by atoms with E-state index >= 15 is 0 Å². The third-order valence-corrected chi connectivity index (χ3v) is 3.20. The van der Waals surface area contributed by atoms with Crippen LogP contribution in [-0.2, 0) is 16.1 Å². The van der Waals surface area contributed by atoms with E-state index in [-0.39, 0.29) is 17.4 Å². The Morgan fingerprint density at radius 2 is 2.14 bits per heavy atom. The van der Waals surface area contributed by atoms with Crippen LogP contribution in [0.25, 0.3) is 0 Å². The Labute approximate surface area is 125 Å². The number of nitrogens with one attached hydrogen (secondary N) is 1. The summed E-state index contributed by atoms with van der Waals surface area (Å²) in [5, 5.41) is 2.82. The highest BCUT2D eigenvalue weighted by Crippen LogP contribution is 2.13. The molecule has 0 aromatic carbocycles. The summed E-state index contributed by atoms with van der Waals surface area (Å²) in [6.07, 6.45) is 2.37. The number of aromatic nitrogens is 1. The minimum atomic E-state index is -0.218. The SMILES string of the molecule is COCCn1cc(NC(=O)C(CN)CC(C)C)ccc1=O. The van der Waals surface area contributed by atoms with Crippen LogP contribution in [0.1, 0.15) is 20.3 Å². The molecule has 118 valence electrons. The number of methoxy groups -OCH3 is 1. The smallest absolute Gasteiger partial charge is 0.250 e. The van der Waals surface area contributed by atoms with Crippen molar-refractivity contribution in [1.82, 2.24) is 4.57 Å². The van der Waals surface area contributed by atoms with E-state index in [4.69, 9.17) is 10.5 Å². The zero-order valence-corrected chi connectivity index (χ0v) is 13.0. The van der Waals surface area contributed by atoms with Crippen LogP contribution in [0.4, 0.5) is 5.69 Å². The van der Waals surface area contributed by atoms with Crippen molar-refractivity contribution in [1.29, 1.82) is 0 Å². The maximum atomic E-state index is 12.2. The molecule has 3 N–H and O–H groups in total. The number of anilines is 1. The maximum Gasteiger partial charge on any atom is 0.250 e. The van der Waals surface area contributed by atoms with Crippen molar-refractivity contribution >= 4 is 11.6 Å². The normalized spacial score (nSPS) is 12.4. The largest absolute Gasteiger partial charge is 0.383 e. The fourth-order valence-corrected chi connectivity index (χ4v) is 2.09. The lowest BCUT2D eigenvalue weighted by atomic mass is 9.96. The van der Waals surface area contributed by atoms with Crippen LogP contribution in [0.3, 0.4) is 0 Å². The number of rotatable bonds is 8. The number of hydrogen-bond donors (Lipinski definition) is 2. The molecule has 0 saturated heterocycles. The Kier molecular flexibility index (Phi) is 7.11. The molecule has 0 aliphatic heterocycles. The number of nitrogens with two attached hydrogens (primary N) is 1. The van der Waals surface area contributed by atoms with Gasteiger partial charge in [-0.15, -0.1) is 0 Å². The first-order chi connectivity index (χ1) is 9.97. The van der Waals surface area contributed by atoms with Crippen molar-refractivity contribution in [2.24, 2.45) is 17.6 Å². The van der Waals surface area contributed by atoms with E-state index in [1.54, 1.807) is 19.4 Å². The molecule has 0 bridgehead atoms. The molecule has 21 heavy (non-hydrogen) atoms. The van der Waals surface area contributed by atoms with E-state index in [1.807, 2.05) is 0 Å². The Bertz CT molecular complexity index is 511. The summed E-state index contributed by atoms with van der Waals surface area (Å²) in [7, 11) is 1.58. The zero-order chi connectivity index (χ0) is 15.8. The lowest BCUT2D eigenvalue weighted by molar-refractivity contribution is -0.120. The first-order valence-corrected chi connectivity index (χ1v) is 7.18. The zero-order valence-electron chi connectivity index (χ0n) is 13.0. The van der Waals surface area contributed by atoms with Crippen LogP contribution >= 0.6 is 0 Å². The van der Waals surface area contributed by atoms with E-state index < -0.39 is 0 Å². The van der Waals surface area contributed by atoms with Gasteiger partial charge in [0.25, 0.3) is 5.56 Å². The molecule has 1 heterocycles. The summed E-state index contributed by atoms with van der Waals surface area (Å²) in [5.74, 6) is 0.0763. The molecule has 1 aromatic rings. The summed E-state index contributed by atoms with van der Waals surface area (Å²) in [6, 6.07) is 3.04. The van der Waals surface area contributed by atoms with Crippen molar-refractivity contribution < 1.29 is 9.53 Å². The fraction of sp³-hybridized carbons (Fsp3) is 0.600. The molecular formula is C15H25N3O3. The molecule has 0 aliphatic rings. The highest BCUT2D eigenvalue weighted by atomic mass is 16.5. The van der Waals surface area contributed by atoms with Gasteiger partial charge in [-0.25, -0.2) is 0 Å². The molecular weight excluding hydrogens is 270 g/mol. The second kappa shape index (κ2) is 8.59. The van der Waals surface area contributed by atoms with Gasteiger partial charge >= 0.3 is 0 Å². The molecule has 0 radical (unpaired) electrons. The number of carbonyl (C=O) groups is 1. The summed E-state index contributed by atoms with van der Waals surface area (Å²) in [6.45, 7) is 5.32. The van der Waals surface area contributed by atoms with Crippen LogP contribution in [0.15, 0.2) is 23.1 Å². The standard InChI is InChI=1S/C15H25N3O3/c1-11(2)8-12(9-16)15(20)17-13-4-5-14(19)18(10-13)6-7-21-3/h4-5,10-12H,6-9,16H2,1-3H3,(H,17,20). The second-order valence-corrected chi connectivity index (χ2v) is 5.49. The predicted octanol–water partition coefficient (Wildman–Crippen LogP) is 1.05. The molecule has 0 aliphatic carbocycles. The average molecular weight is 295 g/mol. The van der Waals surface area contributed by atoms with Gasteiger partial charge in [0.1, 0.15) is 0 Å². The molecule has 0 saturated carbocycles. The van der Waals surface area contributed by atoms with Crippen LogP contribution in [0.2, 0.25) is 0 Å². The van der Waals surface area contributed by atoms with Gasteiger partial charge in [0.05, 0.1) is 18.2 Å². The van der Waals surface area contributed by atoms with Gasteiger partial charge in [0.2, 0.25) is 5.91 Å². The third-order valence-electron chi connectivity index (χ3n) is 3.20. The Morgan fingerprint density at radius 1 is 1.43 bits per heavy atom. The summed E-state index contributed by atoms with van der Waals surface area (Å²) in [5.41, 5.74) is 6.14. The molecule has 6 nitrogen and oxygen atoms in total. The number of amides is 1. The van der Waals surface area contributed by atoms with Gasteiger partial charge in [-0.05, 0) is 18.4 Å². The second-order valence-electron chi connectivity index (χ2n) is 5.49. The van der Waals surface area contributed by atoms with Crippen molar-refractivity contribution in [3.63, 3.8) is 0 Å². The predicted molar refractivity (Wildman–Crippen MR) is 83.2 cm³/mol. The molecule has 1 rings (SSSR count). The van der Waals surface area contributed by atoms with E-state index in [0.29, 0.717) is 31.3 Å². The minimum Gasteiger partial charge on any atom is -0.383 e. The highest BCUT2D eigenvalue weighted by molar-refractivity contribution is 5.92. The summed E-state index contributed by atoms with van der Waals surface area (Å²) in [4.78, 5) is 23.9. The maximum absolute atomic E-state index is 12.2.